The molecule has 4 heteroatoms. The molecular formula is C18H23N3O. The van der Waals surface area contributed by atoms with Crippen molar-refractivity contribution in [1.29, 1.82) is 0 Å². The Morgan fingerprint density at radius 2 is 2.14 bits per heavy atom. The summed E-state index contributed by atoms with van der Waals surface area (Å²) in [5.41, 5.74) is 2.68. The minimum absolute atomic E-state index is 0.114. The van der Waals surface area contributed by atoms with Gasteiger partial charge in [0.1, 0.15) is 0 Å². The highest BCUT2D eigenvalue weighted by Crippen LogP contribution is 2.28. The predicted molar refractivity (Wildman–Crippen MR) is 86.5 cm³/mol. The SMILES string of the molecule is CC1(NC(=O)CCCn2cccn2)CCc2ccccc2C1. The van der Waals surface area contributed by atoms with Gasteiger partial charge < -0.3 is 5.32 Å². The van der Waals surface area contributed by atoms with Crippen LogP contribution in [0.4, 0.5) is 0 Å². The van der Waals surface area contributed by atoms with E-state index in [2.05, 4.69) is 41.6 Å². The lowest BCUT2D eigenvalue weighted by molar-refractivity contribution is -0.123. The number of nitrogens with one attached hydrogen (secondary N) is 1. The summed E-state index contributed by atoms with van der Waals surface area (Å²) in [5.74, 6) is 0.147. The molecule has 0 saturated heterocycles. The van der Waals surface area contributed by atoms with Crippen molar-refractivity contribution in [1.82, 2.24) is 15.1 Å². The van der Waals surface area contributed by atoms with Crippen LogP contribution in [0, 0.1) is 0 Å². The van der Waals surface area contributed by atoms with Crippen molar-refractivity contribution in [3.63, 3.8) is 0 Å². The molecular weight excluding hydrogens is 274 g/mol. The zero-order chi connectivity index (χ0) is 15.4. The highest BCUT2D eigenvalue weighted by Gasteiger charge is 2.30. The van der Waals surface area contributed by atoms with Gasteiger partial charge in [0.2, 0.25) is 5.91 Å². The maximum Gasteiger partial charge on any atom is 0.220 e. The zero-order valence-electron chi connectivity index (χ0n) is 13.1. The molecule has 0 spiro atoms. The summed E-state index contributed by atoms with van der Waals surface area (Å²) in [7, 11) is 0. The summed E-state index contributed by atoms with van der Waals surface area (Å²) in [6.07, 6.45) is 8.04. The number of fused-ring (bicyclic) bond motifs is 1. The van der Waals surface area contributed by atoms with Gasteiger partial charge in [-0.15, -0.1) is 0 Å². The number of carbonyl (C=O) groups is 1. The Labute approximate surface area is 131 Å². The molecule has 0 radical (unpaired) electrons. The summed E-state index contributed by atoms with van der Waals surface area (Å²) in [6, 6.07) is 10.4. The molecule has 1 unspecified atom stereocenters. The first kappa shape index (κ1) is 14.8. The first-order valence-electron chi connectivity index (χ1n) is 8.00. The molecule has 116 valence electrons. The lowest BCUT2D eigenvalue weighted by Crippen LogP contribution is -2.49. The van der Waals surface area contributed by atoms with E-state index in [1.165, 1.54) is 11.1 Å². The molecule has 0 saturated carbocycles. The van der Waals surface area contributed by atoms with Gasteiger partial charge in [-0.2, -0.15) is 5.10 Å². The Morgan fingerprint density at radius 1 is 1.32 bits per heavy atom. The van der Waals surface area contributed by atoms with Crippen molar-refractivity contribution in [2.24, 2.45) is 0 Å². The number of nitrogens with zero attached hydrogens (tertiary/aromatic N) is 2. The average molecular weight is 297 g/mol. The number of aromatic nitrogens is 2. The van der Waals surface area contributed by atoms with Crippen LogP contribution >= 0.6 is 0 Å². The van der Waals surface area contributed by atoms with E-state index in [1.807, 2.05) is 16.9 Å². The Hall–Kier alpha value is -2.10. The molecule has 1 aromatic carbocycles. The van der Waals surface area contributed by atoms with Crippen molar-refractivity contribution >= 4 is 5.91 Å². The van der Waals surface area contributed by atoms with Gasteiger partial charge in [0, 0.05) is 30.9 Å². The molecule has 0 bridgehead atoms. The Kier molecular flexibility index (Phi) is 4.27. The highest BCUT2D eigenvalue weighted by atomic mass is 16.1. The number of benzene rings is 1. The molecule has 22 heavy (non-hydrogen) atoms. The van der Waals surface area contributed by atoms with Crippen LogP contribution in [-0.4, -0.2) is 21.2 Å². The zero-order valence-corrected chi connectivity index (χ0v) is 13.1. The fraction of sp³-hybridized carbons (Fsp3) is 0.444. The maximum absolute atomic E-state index is 12.2. The minimum Gasteiger partial charge on any atom is -0.351 e. The number of carbonyl (C=O) groups excluding carboxylic acids is 1. The van der Waals surface area contributed by atoms with Crippen LogP contribution < -0.4 is 5.32 Å². The third-order valence-corrected chi connectivity index (χ3v) is 4.44. The standard InChI is InChI=1S/C18H23N3O/c1-18(10-9-15-6-2-3-7-16(15)14-18)20-17(22)8-4-12-21-13-5-11-19-21/h2-3,5-7,11,13H,4,8-10,12,14H2,1H3,(H,20,22). The Morgan fingerprint density at radius 3 is 2.91 bits per heavy atom. The summed E-state index contributed by atoms with van der Waals surface area (Å²) >= 11 is 0. The molecule has 1 heterocycles. The third-order valence-electron chi connectivity index (χ3n) is 4.44. The summed E-state index contributed by atoms with van der Waals surface area (Å²) in [6.45, 7) is 2.95. The van der Waals surface area contributed by atoms with E-state index in [0.29, 0.717) is 6.42 Å². The second kappa shape index (κ2) is 6.34. The number of amides is 1. The first-order chi connectivity index (χ1) is 10.6. The van der Waals surface area contributed by atoms with E-state index in [0.717, 1.165) is 32.2 Å². The van der Waals surface area contributed by atoms with Crippen LogP contribution in [0.25, 0.3) is 0 Å². The van der Waals surface area contributed by atoms with Crippen molar-refractivity contribution < 1.29 is 4.79 Å². The fourth-order valence-corrected chi connectivity index (χ4v) is 3.23. The largest absolute Gasteiger partial charge is 0.351 e. The van der Waals surface area contributed by atoms with Gasteiger partial charge in [-0.25, -0.2) is 0 Å². The van der Waals surface area contributed by atoms with Gasteiger partial charge in [0.25, 0.3) is 0 Å². The molecule has 1 amide bonds. The van der Waals surface area contributed by atoms with Crippen molar-refractivity contribution in [2.45, 2.75) is 51.1 Å². The molecule has 1 aromatic heterocycles. The van der Waals surface area contributed by atoms with Gasteiger partial charge in [-0.3, -0.25) is 9.48 Å². The van der Waals surface area contributed by atoms with E-state index < -0.39 is 0 Å². The van der Waals surface area contributed by atoms with E-state index in [1.54, 1.807) is 6.20 Å². The van der Waals surface area contributed by atoms with Crippen LogP contribution in [0.5, 0.6) is 0 Å². The monoisotopic (exact) mass is 297 g/mol. The van der Waals surface area contributed by atoms with E-state index in [9.17, 15) is 4.79 Å². The maximum atomic E-state index is 12.2. The van der Waals surface area contributed by atoms with Gasteiger partial charge in [-0.05, 0) is 49.8 Å². The van der Waals surface area contributed by atoms with Crippen LogP contribution in [0.15, 0.2) is 42.7 Å². The van der Waals surface area contributed by atoms with Gasteiger partial charge in [-0.1, -0.05) is 24.3 Å². The van der Waals surface area contributed by atoms with E-state index in [4.69, 9.17) is 0 Å². The Bertz CT molecular complexity index is 636. The van der Waals surface area contributed by atoms with E-state index in [-0.39, 0.29) is 11.4 Å². The highest BCUT2D eigenvalue weighted by molar-refractivity contribution is 5.76. The van der Waals surface area contributed by atoms with Crippen LogP contribution in [0.2, 0.25) is 0 Å². The number of aryl methyl sites for hydroxylation is 2. The van der Waals surface area contributed by atoms with Gasteiger partial charge in [0.05, 0.1) is 0 Å². The molecule has 0 fully saturated rings. The molecule has 1 aliphatic rings. The third kappa shape index (κ3) is 3.56. The fourth-order valence-electron chi connectivity index (χ4n) is 3.23. The summed E-state index contributed by atoms with van der Waals surface area (Å²) in [4.78, 5) is 12.2. The average Bonchev–Trinajstić information content (AvgIpc) is 3.00. The van der Waals surface area contributed by atoms with Gasteiger partial charge >= 0.3 is 0 Å². The minimum atomic E-state index is -0.114. The molecule has 4 nitrogen and oxygen atoms in total. The normalized spacial score (nSPS) is 20.4. The molecule has 1 aliphatic carbocycles. The summed E-state index contributed by atoms with van der Waals surface area (Å²) < 4.78 is 1.87. The Balaban J connectivity index is 1.51. The second-order valence-electron chi connectivity index (χ2n) is 6.43. The number of rotatable bonds is 5. The second-order valence-corrected chi connectivity index (χ2v) is 6.43. The van der Waals surface area contributed by atoms with Gasteiger partial charge in [0.15, 0.2) is 0 Å². The van der Waals surface area contributed by atoms with Crippen molar-refractivity contribution in [3.05, 3.63) is 53.9 Å². The topological polar surface area (TPSA) is 46.9 Å². The lowest BCUT2D eigenvalue weighted by Gasteiger charge is -2.36. The molecule has 0 aliphatic heterocycles. The lowest BCUT2D eigenvalue weighted by atomic mass is 9.79. The molecule has 1 N–H and O–H groups in total. The number of hydrogen-bond acceptors (Lipinski definition) is 2. The quantitative estimate of drug-likeness (QED) is 0.922. The van der Waals surface area contributed by atoms with Crippen LogP contribution in [-0.2, 0) is 24.2 Å². The van der Waals surface area contributed by atoms with Crippen molar-refractivity contribution in [3.8, 4) is 0 Å². The molecule has 3 rings (SSSR count). The summed E-state index contributed by atoms with van der Waals surface area (Å²) in [5, 5.41) is 7.40. The van der Waals surface area contributed by atoms with E-state index >= 15 is 0 Å². The molecule has 1 atom stereocenters. The predicted octanol–water partition coefficient (Wildman–Crippen LogP) is 2.73. The van der Waals surface area contributed by atoms with Crippen LogP contribution in [0.1, 0.15) is 37.3 Å². The number of hydrogen-bond donors (Lipinski definition) is 1. The smallest absolute Gasteiger partial charge is 0.220 e. The molecule has 2 aromatic rings. The first-order valence-corrected chi connectivity index (χ1v) is 8.00. The van der Waals surface area contributed by atoms with Crippen LogP contribution in [0.3, 0.4) is 0 Å². The van der Waals surface area contributed by atoms with Crippen molar-refractivity contribution in [2.75, 3.05) is 0 Å².